The Bertz CT molecular complexity index is 785. The number of carboxylic acid groups (broad SMARTS) is 1. The lowest BCUT2D eigenvalue weighted by atomic mass is 10.3. The van der Waals surface area contributed by atoms with Crippen molar-refractivity contribution in [1.82, 2.24) is 19.1 Å². The molecule has 0 aliphatic rings. The molecule has 0 radical (unpaired) electrons. The second-order valence-corrected chi connectivity index (χ2v) is 6.76. The van der Waals surface area contributed by atoms with Crippen molar-refractivity contribution in [3.8, 4) is 5.75 Å². The van der Waals surface area contributed by atoms with Gasteiger partial charge >= 0.3 is 5.97 Å². The van der Waals surface area contributed by atoms with E-state index in [9.17, 15) is 13.2 Å². The van der Waals surface area contributed by atoms with Crippen molar-refractivity contribution in [2.45, 2.75) is 11.5 Å². The summed E-state index contributed by atoms with van der Waals surface area (Å²) in [6.07, 6.45) is 1.41. The summed E-state index contributed by atoms with van der Waals surface area (Å²) in [5, 5.41) is 12.6. The normalized spacial score (nSPS) is 11.6. The van der Waals surface area contributed by atoms with Crippen LogP contribution < -0.4 is 4.74 Å². The summed E-state index contributed by atoms with van der Waals surface area (Å²) >= 11 is 0. The molecule has 1 heterocycles. The monoisotopic (exact) mass is 340 g/mol. The number of benzene rings is 1. The zero-order valence-corrected chi connectivity index (χ0v) is 13.4. The number of rotatable bonds is 7. The lowest BCUT2D eigenvalue weighted by Gasteiger charge is -2.15. The van der Waals surface area contributed by atoms with E-state index in [1.807, 2.05) is 0 Å². The highest BCUT2D eigenvalue weighted by Crippen LogP contribution is 2.19. The quantitative estimate of drug-likeness (QED) is 0.760. The van der Waals surface area contributed by atoms with Crippen LogP contribution in [0.1, 0.15) is 5.82 Å². The Morgan fingerprint density at radius 3 is 2.52 bits per heavy atom. The van der Waals surface area contributed by atoms with Gasteiger partial charge in [0.15, 0.2) is 5.82 Å². The molecule has 0 fully saturated rings. The molecule has 0 saturated heterocycles. The van der Waals surface area contributed by atoms with E-state index in [0.717, 1.165) is 4.31 Å². The number of carboxylic acids is 1. The Hall–Kier alpha value is -2.46. The zero-order valence-electron chi connectivity index (χ0n) is 12.6. The zero-order chi connectivity index (χ0) is 17.0. The first-order valence-corrected chi connectivity index (χ1v) is 7.98. The average molecular weight is 340 g/mol. The fourth-order valence-electron chi connectivity index (χ4n) is 1.76. The molecular formula is C13H16N4O5S. The minimum absolute atomic E-state index is 0.00717. The fourth-order valence-corrected chi connectivity index (χ4v) is 2.88. The molecule has 0 amide bonds. The molecule has 0 atom stereocenters. The molecule has 1 aromatic heterocycles. The van der Waals surface area contributed by atoms with Gasteiger partial charge in [0.1, 0.15) is 25.2 Å². The van der Waals surface area contributed by atoms with Crippen LogP contribution in [0.4, 0.5) is 0 Å². The van der Waals surface area contributed by atoms with Crippen molar-refractivity contribution in [2.24, 2.45) is 7.05 Å². The Morgan fingerprint density at radius 1 is 1.35 bits per heavy atom. The molecule has 9 nitrogen and oxygen atoms in total. The molecule has 0 unspecified atom stereocenters. The number of carbonyl (C=O) groups is 1. The third kappa shape index (κ3) is 4.05. The number of hydrogen-bond acceptors (Lipinski definition) is 6. The number of aliphatic carboxylic acids is 1. The second-order valence-electron chi connectivity index (χ2n) is 4.71. The molecule has 1 aromatic carbocycles. The molecule has 0 saturated carbocycles. The second kappa shape index (κ2) is 6.75. The summed E-state index contributed by atoms with van der Waals surface area (Å²) in [6.45, 7) is -0.408. The van der Waals surface area contributed by atoms with E-state index in [-0.39, 0.29) is 11.5 Å². The van der Waals surface area contributed by atoms with Gasteiger partial charge in [-0.05, 0) is 24.3 Å². The van der Waals surface area contributed by atoms with E-state index in [4.69, 9.17) is 9.84 Å². The van der Waals surface area contributed by atoms with Gasteiger partial charge in [-0.1, -0.05) is 0 Å². The van der Waals surface area contributed by atoms with Gasteiger partial charge in [-0.3, -0.25) is 9.48 Å². The van der Waals surface area contributed by atoms with Gasteiger partial charge in [0.05, 0.1) is 4.90 Å². The van der Waals surface area contributed by atoms with Crippen LogP contribution in [0.5, 0.6) is 5.75 Å². The SMILES string of the molecule is CN(CC(=O)O)S(=O)(=O)c1ccc(OCc2ncnn2C)cc1. The number of aromatic nitrogens is 3. The predicted molar refractivity (Wildman–Crippen MR) is 79.2 cm³/mol. The molecule has 0 spiro atoms. The fraction of sp³-hybridized carbons (Fsp3) is 0.308. The number of sulfonamides is 1. The van der Waals surface area contributed by atoms with Gasteiger partial charge in [-0.25, -0.2) is 13.4 Å². The third-order valence-electron chi connectivity index (χ3n) is 3.06. The van der Waals surface area contributed by atoms with Gasteiger partial charge in [0.2, 0.25) is 10.0 Å². The van der Waals surface area contributed by atoms with E-state index < -0.39 is 22.5 Å². The maximum Gasteiger partial charge on any atom is 0.318 e. The van der Waals surface area contributed by atoms with Crippen LogP contribution in [0.25, 0.3) is 0 Å². The standard InChI is InChI=1S/C13H16N4O5S/c1-16(7-13(18)19)23(20,21)11-5-3-10(4-6-11)22-8-12-14-9-15-17(12)2/h3-6,9H,7-8H2,1-2H3,(H,18,19). The molecule has 1 N–H and O–H groups in total. The Labute approximate surface area is 133 Å². The van der Waals surface area contributed by atoms with Crippen molar-refractivity contribution in [1.29, 1.82) is 0 Å². The third-order valence-corrected chi connectivity index (χ3v) is 4.88. The van der Waals surface area contributed by atoms with Crippen LogP contribution in [0.15, 0.2) is 35.5 Å². The van der Waals surface area contributed by atoms with Crippen LogP contribution in [0, 0.1) is 0 Å². The molecule has 124 valence electrons. The smallest absolute Gasteiger partial charge is 0.318 e. The minimum Gasteiger partial charge on any atom is -0.486 e. The highest BCUT2D eigenvalue weighted by molar-refractivity contribution is 7.89. The van der Waals surface area contributed by atoms with Crippen LogP contribution in [0.3, 0.4) is 0 Å². The predicted octanol–water partition coefficient (Wildman–Crippen LogP) is 0.0992. The van der Waals surface area contributed by atoms with E-state index in [1.54, 1.807) is 11.7 Å². The van der Waals surface area contributed by atoms with Crippen LogP contribution in [0.2, 0.25) is 0 Å². The van der Waals surface area contributed by atoms with Crippen molar-refractivity contribution < 1.29 is 23.1 Å². The lowest BCUT2D eigenvalue weighted by Crippen LogP contribution is -2.31. The highest BCUT2D eigenvalue weighted by Gasteiger charge is 2.22. The van der Waals surface area contributed by atoms with E-state index in [1.165, 1.54) is 37.6 Å². The van der Waals surface area contributed by atoms with Gasteiger partial charge in [-0.2, -0.15) is 9.40 Å². The minimum atomic E-state index is -3.85. The molecular weight excluding hydrogens is 324 g/mol. The summed E-state index contributed by atoms with van der Waals surface area (Å²) in [4.78, 5) is 14.6. The van der Waals surface area contributed by atoms with Crippen molar-refractivity contribution >= 4 is 16.0 Å². The summed E-state index contributed by atoms with van der Waals surface area (Å²) < 4.78 is 32.2. The average Bonchev–Trinajstić information content (AvgIpc) is 2.90. The van der Waals surface area contributed by atoms with Gasteiger partial charge in [0, 0.05) is 14.1 Å². The Balaban J connectivity index is 2.07. The van der Waals surface area contributed by atoms with Gasteiger partial charge < -0.3 is 9.84 Å². The largest absolute Gasteiger partial charge is 0.486 e. The van der Waals surface area contributed by atoms with Crippen molar-refractivity contribution in [3.63, 3.8) is 0 Å². The topological polar surface area (TPSA) is 115 Å². The van der Waals surface area contributed by atoms with Crippen LogP contribution in [-0.4, -0.2) is 52.2 Å². The van der Waals surface area contributed by atoms with E-state index in [0.29, 0.717) is 11.6 Å². The summed E-state index contributed by atoms with van der Waals surface area (Å²) in [5.74, 6) is -0.129. The van der Waals surface area contributed by atoms with Gasteiger partial charge in [0.25, 0.3) is 0 Å². The summed E-state index contributed by atoms with van der Waals surface area (Å²) in [7, 11) is -0.899. The summed E-state index contributed by atoms with van der Waals surface area (Å²) in [6, 6.07) is 5.72. The first-order chi connectivity index (χ1) is 10.8. The number of likely N-dealkylation sites (N-methyl/N-ethyl adjacent to an activating group) is 1. The Morgan fingerprint density at radius 2 is 2.00 bits per heavy atom. The number of nitrogens with zero attached hydrogens (tertiary/aromatic N) is 4. The first-order valence-electron chi connectivity index (χ1n) is 6.54. The maximum atomic E-state index is 12.2. The molecule has 2 aromatic rings. The molecule has 0 aliphatic heterocycles. The lowest BCUT2D eigenvalue weighted by molar-refractivity contribution is -0.137. The van der Waals surface area contributed by atoms with Crippen molar-refractivity contribution in [3.05, 3.63) is 36.4 Å². The van der Waals surface area contributed by atoms with Gasteiger partial charge in [-0.15, -0.1) is 0 Å². The highest BCUT2D eigenvalue weighted by atomic mass is 32.2. The van der Waals surface area contributed by atoms with Crippen LogP contribution >= 0.6 is 0 Å². The first kappa shape index (κ1) is 16.9. The molecule has 23 heavy (non-hydrogen) atoms. The molecule has 2 rings (SSSR count). The van der Waals surface area contributed by atoms with E-state index >= 15 is 0 Å². The number of hydrogen-bond donors (Lipinski definition) is 1. The molecule has 10 heteroatoms. The van der Waals surface area contributed by atoms with Crippen molar-refractivity contribution in [2.75, 3.05) is 13.6 Å². The summed E-state index contributed by atoms with van der Waals surface area (Å²) in [5.41, 5.74) is 0. The van der Waals surface area contributed by atoms with Crippen LogP contribution in [-0.2, 0) is 28.5 Å². The number of ether oxygens (including phenoxy) is 1. The molecule has 0 bridgehead atoms. The Kier molecular flexibility index (Phi) is 4.96. The maximum absolute atomic E-state index is 12.2. The molecule has 0 aliphatic carbocycles. The van der Waals surface area contributed by atoms with E-state index in [2.05, 4.69) is 10.1 Å². The number of aryl methyl sites for hydroxylation is 1.